The molecule has 0 N–H and O–H groups in total. The maximum absolute atomic E-state index is 12.6. The number of esters is 1. The number of hydrogen-bond donors (Lipinski definition) is 0. The van der Waals surface area contributed by atoms with Gasteiger partial charge < -0.3 is 18.9 Å². The van der Waals surface area contributed by atoms with E-state index in [1.54, 1.807) is 18.2 Å². The number of fused-ring (bicyclic) bond motifs is 1. The molecule has 0 bridgehead atoms. The van der Waals surface area contributed by atoms with Crippen LogP contribution in [0.2, 0.25) is 0 Å². The number of carbonyl (C=O) groups excluding carboxylic acids is 3. The Kier molecular flexibility index (Phi) is 5.08. The first-order valence-electron chi connectivity index (χ1n) is 7.87. The molecule has 2 heterocycles. The maximum Gasteiger partial charge on any atom is 0.328 e. The molecule has 1 aromatic rings. The van der Waals surface area contributed by atoms with Crippen molar-refractivity contribution in [2.45, 2.75) is 19.9 Å². The maximum atomic E-state index is 12.6. The molecule has 0 spiro atoms. The quantitative estimate of drug-likeness (QED) is 0.569. The van der Waals surface area contributed by atoms with E-state index in [-0.39, 0.29) is 11.7 Å². The molecule has 0 saturated carbocycles. The van der Waals surface area contributed by atoms with E-state index in [1.165, 1.54) is 14.0 Å². The molecule has 0 aromatic heterocycles. The Morgan fingerprint density at radius 3 is 2.69 bits per heavy atom. The summed E-state index contributed by atoms with van der Waals surface area (Å²) in [6.45, 7) is 3.80. The second-order valence-electron chi connectivity index (χ2n) is 5.43. The molecule has 0 radical (unpaired) electrons. The number of methoxy groups -OCH3 is 1. The average Bonchev–Trinajstić information content (AvgIpc) is 3.18. The molecule has 8 nitrogen and oxygen atoms in total. The monoisotopic (exact) mass is 379 g/mol. The summed E-state index contributed by atoms with van der Waals surface area (Å²) >= 11 is 0.756. The molecule has 2 aliphatic rings. The Balaban J connectivity index is 1.94. The van der Waals surface area contributed by atoms with E-state index >= 15 is 0 Å². The van der Waals surface area contributed by atoms with E-state index in [1.807, 2.05) is 6.92 Å². The van der Waals surface area contributed by atoms with Gasteiger partial charge in [0.25, 0.3) is 11.1 Å². The van der Waals surface area contributed by atoms with E-state index in [0.29, 0.717) is 29.4 Å². The summed E-state index contributed by atoms with van der Waals surface area (Å²) in [6, 6.07) is 2.37. The number of amides is 2. The van der Waals surface area contributed by atoms with Crippen LogP contribution in [0.25, 0.3) is 6.08 Å². The lowest BCUT2D eigenvalue weighted by Gasteiger charge is -2.18. The lowest BCUT2D eigenvalue weighted by Crippen LogP contribution is -2.42. The number of ether oxygens (including phenoxy) is 4. The standard InChI is InChI=1S/C17H17NO7S/c1-4-23-11-7-13-12(24-8-25-13)5-10(11)6-14-15(19)18(17(21)26-14)9(2)16(20)22-3/h5-7,9H,4,8H2,1-3H3/b14-6-. The number of carbonyl (C=O) groups is 3. The molecule has 26 heavy (non-hydrogen) atoms. The molecule has 2 aliphatic heterocycles. The lowest BCUT2D eigenvalue weighted by atomic mass is 10.1. The first kappa shape index (κ1) is 18.1. The van der Waals surface area contributed by atoms with Crippen LogP contribution in [0.5, 0.6) is 17.2 Å². The smallest absolute Gasteiger partial charge is 0.328 e. The zero-order chi connectivity index (χ0) is 18.8. The van der Waals surface area contributed by atoms with Gasteiger partial charge in [-0.3, -0.25) is 14.5 Å². The molecule has 1 saturated heterocycles. The number of hydrogen-bond acceptors (Lipinski definition) is 8. The number of thioether (sulfide) groups is 1. The fourth-order valence-electron chi connectivity index (χ4n) is 2.56. The number of rotatable bonds is 5. The van der Waals surface area contributed by atoms with Gasteiger partial charge in [0.2, 0.25) is 6.79 Å². The molecular weight excluding hydrogens is 362 g/mol. The van der Waals surface area contributed by atoms with Gasteiger partial charge in [0.05, 0.1) is 18.6 Å². The molecular formula is C17H17NO7S. The van der Waals surface area contributed by atoms with E-state index in [2.05, 4.69) is 4.74 Å². The predicted octanol–water partition coefficient (Wildman–Crippen LogP) is 2.41. The largest absolute Gasteiger partial charge is 0.493 e. The molecule has 1 unspecified atom stereocenters. The van der Waals surface area contributed by atoms with E-state index in [4.69, 9.17) is 14.2 Å². The molecule has 2 amide bonds. The zero-order valence-electron chi connectivity index (χ0n) is 14.4. The Morgan fingerprint density at radius 1 is 1.35 bits per heavy atom. The zero-order valence-corrected chi connectivity index (χ0v) is 15.3. The average molecular weight is 379 g/mol. The summed E-state index contributed by atoms with van der Waals surface area (Å²) in [5.74, 6) is 0.370. The van der Waals surface area contributed by atoms with Gasteiger partial charge >= 0.3 is 5.97 Å². The normalized spacial score (nSPS) is 18.4. The third-order valence-electron chi connectivity index (χ3n) is 3.84. The van der Waals surface area contributed by atoms with Gasteiger partial charge in [0.1, 0.15) is 11.8 Å². The van der Waals surface area contributed by atoms with Gasteiger partial charge in [-0.1, -0.05) is 0 Å². The van der Waals surface area contributed by atoms with E-state index in [9.17, 15) is 14.4 Å². The van der Waals surface area contributed by atoms with Gasteiger partial charge in [0, 0.05) is 11.6 Å². The summed E-state index contributed by atoms with van der Waals surface area (Å²) in [4.78, 5) is 37.5. The van der Waals surface area contributed by atoms with Crippen LogP contribution in [0.1, 0.15) is 19.4 Å². The van der Waals surface area contributed by atoms with Crippen molar-refractivity contribution in [1.29, 1.82) is 0 Å². The molecule has 1 fully saturated rings. The Labute approximate surface area is 154 Å². The number of nitrogens with zero attached hydrogens (tertiary/aromatic N) is 1. The molecule has 1 atom stereocenters. The summed E-state index contributed by atoms with van der Waals surface area (Å²) < 4.78 is 20.9. The summed E-state index contributed by atoms with van der Waals surface area (Å²) in [7, 11) is 1.20. The minimum Gasteiger partial charge on any atom is -0.493 e. The highest BCUT2D eigenvalue weighted by molar-refractivity contribution is 8.18. The van der Waals surface area contributed by atoms with Gasteiger partial charge in [0.15, 0.2) is 11.5 Å². The predicted molar refractivity (Wildman–Crippen MR) is 93.0 cm³/mol. The second kappa shape index (κ2) is 7.28. The van der Waals surface area contributed by atoms with Crippen LogP contribution in [0.15, 0.2) is 17.0 Å². The fourth-order valence-corrected chi connectivity index (χ4v) is 3.46. The van der Waals surface area contributed by atoms with E-state index < -0.39 is 23.2 Å². The molecule has 3 rings (SSSR count). The van der Waals surface area contributed by atoms with Crippen LogP contribution in [0.3, 0.4) is 0 Å². The summed E-state index contributed by atoms with van der Waals surface area (Å²) in [6.07, 6.45) is 1.54. The van der Waals surface area contributed by atoms with Crippen LogP contribution in [-0.4, -0.2) is 48.6 Å². The minimum atomic E-state index is -0.999. The van der Waals surface area contributed by atoms with Crippen LogP contribution < -0.4 is 14.2 Å². The van der Waals surface area contributed by atoms with Gasteiger partial charge in [-0.2, -0.15) is 0 Å². The van der Waals surface area contributed by atoms with Crippen LogP contribution >= 0.6 is 11.8 Å². The SMILES string of the molecule is CCOc1cc2c(cc1/C=C1\SC(=O)N(C(C)C(=O)OC)C1=O)OCO2. The summed E-state index contributed by atoms with van der Waals surface area (Å²) in [5, 5.41) is -0.530. The first-order valence-corrected chi connectivity index (χ1v) is 8.69. The topological polar surface area (TPSA) is 91.4 Å². The Morgan fingerprint density at radius 2 is 2.04 bits per heavy atom. The highest BCUT2D eigenvalue weighted by Crippen LogP contribution is 2.41. The summed E-state index contributed by atoms with van der Waals surface area (Å²) in [5.41, 5.74) is 0.576. The van der Waals surface area contributed by atoms with Crippen molar-refractivity contribution < 1.29 is 33.3 Å². The van der Waals surface area contributed by atoms with Crippen LogP contribution in [0, 0.1) is 0 Å². The van der Waals surface area contributed by atoms with Crippen molar-refractivity contribution in [1.82, 2.24) is 4.90 Å². The van der Waals surface area contributed by atoms with Crippen molar-refractivity contribution in [2.24, 2.45) is 0 Å². The van der Waals surface area contributed by atoms with Gasteiger partial charge in [-0.25, -0.2) is 4.79 Å². The van der Waals surface area contributed by atoms with Crippen molar-refractivity contribution >= 4 is 35.0 Å². The second-order valence-corrected chi connectivity index (χ2v) is 6.42. The van der Waals surface area contributed by atoms with Crippen molar-refractivity contribution in [3.8, 4) is 17.2 Å². The van der Waals surface area contributed by atoms with Crippen molar-refractivity contribution in [3.05, 3.63) is 22.6 Å². The minimum absolute atomic E-state index is 0.109. The molecule has 138 valence electrons. The Hall–Kier alpha value is -2.68. The van der Waals surface area contributed by atoms with Gasteiger partial charge in [-0.05, 0) is 37.8 Å². The Bertz CT molecular complexity index is 805. The molecule has 9 heteroatoms. The third kappa shape index (κ3) is 3.22. The van der Waals surface area contributed by atoms with Crippen LogP contribution in [0.4, 0.5) is 4.79 Å². The highest BCUT2D eigenvalue weighted by Gasteiger charge is 2.41. The molecule has 0 aliphatic carbocycles. The van der Waals surface area contributed by atoms with Crippen LogP contribution in [-0.2, 0) is 14.3 Å². The first-order chi connectivity index (χ1) is 12.5. The van der Waals surface area contributed by atoms with Gasteiger partial charge in [-0.15, -0.1) is 0 Å². The third-order valence-corrected chi connectivity index (χ3v) is 4.73. The highest BCUT2D eigenvalue weighted by atomic mass is 32.2. The van der Waals surface area contributed by atoms with Crippen molar-refractivity contribution in [2.75, 3.05) is 20.5 Å². The van der Waals surface area contributed by atoms with E-state index in [0.717, 1.165) is 16.7 Å². The number of imide groups is 1. The fraction of sp³-hybridized carbons (Fsp3) is 0.353. The lowest BCUT2D eigenvalue weighted by molar-refractivity contribution is -0.148. The molecule has 1 aromatic carbocycles. The number of benzene rings is 1. The van der Waals surface area contributed by atoms with Crippen molar-refractivity contribution in [3.63, 3.8) is 0 Å².